The van der Waals surface area contributed by atoms with Crippen molar-refractivity contribution < 1.29 is 23.9 Å². The van der Waals surface area contributed by atoms with Crippen molar-refractivity contribution in [3.63, 3.8) is 0 Å². The zero-order chi connectivity index (χ0) is 24.0. The third kappa shape index (κ3) is 5.32. The molecule has 1 aliphatic carbocycles. The molecule has 0 unspecified atom stereocenters. The van der Waals surface area contributed by atoms with Gasteiger partial charge < -0.3 is 20.1 Å². The first-order valence-electron chi connectivity index (χ1n) is 11.8. The van der Waals surface area contributed by atoms with Gasteiger partial charge in [0.25, 0.3) is 5.91 Å². The summed E-state index contributed by atoms with van der Waals surface area (Å²) in [4.78, 5) is 38.7. The zero-order valence-corrected chi connectivity index (χ0v) is 19.5. The molecule has 2 fully saturated rings. The second kappa shape index (κ2) is 10.6. The first kappa shape index (κ1) is 23.6. The van der Waals surface area contributed by atoms with Crippen molar-refractivity contribution in [3.8, 4) is 11.5 Å². The molecule has 2 N–H and O–H groups in total. The SMILES string of the molecule is COc1cc(CNC(=O)CCN2C(=O)NC3(CCCCC3)C2=O)ccc1OCc1ccccc1. The number of rotatable bonds is 9. The summed E-state index contributed by atoms with van der Waals surface area (Å²) >= 11 is 0. The molecule has 0 atom stereocenters. The maximum atomic E-state index is 12.8. The van der Waals surface area contributed by atoms with Gasteiger partial charge in [0, 0.05) is 19.5 Å². The molecule has 1 spiro atoms. The minimum Gasteiger partial charge on any atom is -0.493 e. The van der Waals surface area contributed by atoms with Gasteiger partial charge in [-0.3, -0.25) is 14.5 Å². The predicted molar refractivity (Wildman–Crippen MR) is 126 cm³/mol. The van der Waals surface area contributed by atoms with Crippen LogP contribution >= 0.6 is 0 Å². The van der Waals surface area contributed by atoms with Crippen LogP contribution in [0.15, 0.2) is 48.5 Å². The number of hydrogen-bond acceptors (Lipinski definition) is 5. The molecule has 4 rings (SSSR count). The fourth-order valence-corrected chi connectivity index (χ4v) is 4.55. The number of nitrogens with one attached hydrogen (secondary N) is 2. The van der Waals surface area contributed by atoms with Gasteiger partial charge in [0.2, 0.25) is 5.91 Å². The Hall–Kier alpha value is -3.55. The summed E-state index contributed by atoms with van der Waals surface area (Å²) in [5, 5.41) is 5.72. The summed E-state index contributed by atoms with van der Waals surface area (Å²) in [5.41, 5.74) is 1.15. The van der Waals surface area contributed by atoms with Crippen LogP contribution in [0.3, 0.4) is 0 Å². The van der Waals surface area contributed by atoms with Crippen molar-refractivity contribution in [1.82, 2.24) is 15.5 Å². The first-order chi connectivity index (χ1) is 16.5. The quantitative estimate of drug-likeness (QED) is 0.552. The lowest BCUT2D eigenvalue weighted by atomic mass is 9.82. The molecule has 34 heavy (non-hydrogen) atoms. The Morgan fingerprint density at radius 1 is 1.03 bits per heavy atom. The molecular weight excluding hydrogens is 434 g/mol. The van der Waals surface area contributed by atoms with Crippen molar-refractivity contribution in [2.24, 2.45) is 0 Å². The van der Waals surface area contributed by atoms with Crippen LogP contribution in [0.2, 0.25) is 0 Å². The average molecular weight is 466 g/mol. The van der Waals surface area contributed by atoms with Gasteiger partial charge in [-0.2, -0.15) is 0 Å². The van der Waals surface area contributed by atoms with Crippen LogP contribution in [0.25, 0.3) is 0 Å². The highest BCUT2D eigenvalue weighted by molar-refractivity contribution is 6.07. The monoisotopic (exact) mass is 465 g/mol. The van der Waals surface area contributed by atoms with E-state index in [1.807, 2.05) is 48.5 Å². The molecule has 0 radical (unpaired) electrons. The van der Waals surface area contributed by atoms with E-state index < -0.39 is 11.6 Å². The predicted octanol–water partition coefficient (Wildman–Crippen LogP) is 3.54. The number of benzene rings is 2. The molecule has 8 nitrogen and oxygen atoms in total. The van der Waals surface area contributed by atoms with E-state index in [9.17, 15) is 14.4 Å². The molecule has 1 saturated carbocycles. The highest BCUT2D eigenvalue weighted by Crippen LogP contribution is 2.33. The van der Waals surface area contributed by atoms with Crippen LogP contribution in [0.5, 0.6) is 11.5 Å². The lowest BCUT2D eigenvalue weighted by molar-refractivity contribution is -0.132. The number of nitrogens with zero attached hydrogens (tertiary/aromatic N) is 1. The number of urea groups is 1. The highest BCUT2D eigenvalue weighted by atomic mass is 16.5. The van der Waals surface area contributed by atoms with E-state index in [0.29, 0.717) is 37.5 Å². The smallest absolute Gasteiger partial charge is 0.325 e. The Bertz CT molecular complexity index is 1030. The number of hydrogen-bond donors (Lipinski definition) is 2. The Labute approximate surface area is 199 Å². The molecular formula is C26H31N3O5. The van der Waals surface area contributed by atoms with Gasteiger partial charge >= 0.3 is 6.03 Å². The van der Waals surface area contributed by atoms with E-state index in [0.717, 1.165) is 30.4 Å². The molecule has 2 aromatic carbocycles. The van der Waals surface area contributed by atoms with Crippen LogP contribution in [-0.4, -0.2) is 41.9 Å². The van der Waals surface area contributed by atoms with Crippen molar-refractivity contribution >= 4 is 17.8 Å². The molecule has 2 aliphatic rings. The minimum atomic E-state index is -0.757. The van der Waals surface area contributed by atoms with E-state index in [2.05, 4.69) is 10.6 Å². The van der Waals surface area contributed by atoms with Crippen LogP contribution in [0.4, 0.5) is 4.79 Å². The molecule has 4 amide bonds. The Kier molecular flexibility index (Phi) is 7.35. The maximum absolute atomic E-state index is 12.8. The van der Waals surface area contributed by atoms with E-state index >= 15 is 0 Å². The maximum Gasteiger partial charge on any atom is 0.325 e. The van der Waals surface area contributed by atoms with Crippen molar-refractivity contribution in [3.05, 3.63) is 59.7 Å². The van der Waals surface area contributed by atoms with Gasteiger partial charge in [0.1, 0.15) is 12.1 Å². The van der Waals surface area contributed by atoms with E-state index in [4.69, 9.17) is 9.47 Å². The zero-order valence-electron chi connectivity index (χ0n) is 19.5. The van der Waals surface area contributed by atoms with Crippen LogP contribution in [-0.2, 0) is 22.7 Å². The summed E-state index contributed by atoms with van der Waals surface area (Å²) in [6.45, 7) is 0.809. The van der Waals surface area contributed by atoms with Gasteiger partial charge in [0.15, 0.2) is 11.5 Å². The molecule has 1 saturated heterocycles. The van der Waals surface area contributed by atoms with Crippen molar-refractivity contribution in [2.45, 2.75) is 57.2 Å². The summed E-state index contributed by atoms with van der Waals surface area (Å²) < 4.78 is 11.3. The number of imide groups is 1. The number of carbonyl (C=O) groups is 3. The van der Waals surface area contributed by atoms with Gasteiger partial charge in [0.05, 0.1) is 7.11 Å². The number of carbonyl (C=O) groups excluding carboxylic acids is 3. The molecule has 180 valence electrons. The lowest BCUT2D eigenvalue weighted by Gasteiger charge is -2.30. The van der Waals surface area contributed by atoms with E-state index in [1.165, 1.54) is 4.90 Å². The van der Waals surface area contributed by atoms with Crippen LogP contribution < -0.4 is 20.1 Å². The molecule has 2 aromatic rings. The average Bonchev–Trinajstić information content (AvgIpc) is 3.09. The van der Waals surface area contributed by atoms with Crippen LogP contribution in [0.1, 0.15) is 49.7 Å². The summed E-state index contributed by atoms with van der Waals surface area (Å²) in [5.74, 6) is 0.783. The normalized spacial score (nSPS) is 16.9. The Morgan fingerprint density at radius 3 is 2.53 bits per heavy atom. The number of methoxy groups -OCH3 is 1. The molecule has 0 bridgehead atoms. The lowest BCUT2D eigenvalue weighted by Crippen LogP contribution is -2.48. The number of amides is 4. The molecule has 1 aliphatic heterocycles. The van der Waals surface area contributed by atoms with E-state index in [1.54, 1.807) is 7.11 Å². The van der Waals surface area contributed by atoms with Gasteiger partial charge in [-0.1, -0.05) is 55.7 Å². The third-order valence-corrected chi connectivity index (χ3v) is 6.47. The summed E-state index contributed by atoms with van der Waals surface area (Å²) in [6, 6.07) is 15.0. The third-order valence-electron chi connectivity index (χ3n) is 6.47. The minimum absolute atomic E-state index is 0.0602. The standard InChI is InChI=1S/C26H31N3O5/c1-33-22-16-20(10-11-21(22)34-18-19-8-4-2-5-9-19)17-27-23(30)12-15-29-24(31)26(28-25(29)32)13-6-3-7-14-26/h2,4-5,8-11,16H,3,6-7,12-15,17-18H2,1H3,(H,27,30)(H,28,32). The fraction of sp³-hybridized carbons (Fsp3) is 0.423. The van der Waals surface area contributed by atoms with Gasteiger partial charge in [-0.15, -0.1) is 0 Å². The Balaban J connectivity index is 1.26. The molecule has 8 heteroatoms. The van der Waals surface area contributed by atoms with Crippen LogP contribution in [0, 0.1) is 0 Å². The largest absolute Gasteiger partial charge is 0.493 e. The molecule has 0 aromatic heterocycles. The summed E-state index contributed by atoms with van der Waals surface area (Å²) in [7, 11) is 1.57. The topological polar surface area (TPSA) is 97.0 Å². The van der Waals surface area contributed by atoms with Crippen molar-refractivity contribution in [1.29, 1.82) is 0 Å². The fourth-order valence-electron chi connectivity index (χ4n) is 4.55. The van der Waals surface area contributed by atoms with E-state index in [-0.39, 0.29) is 24.8 Å². The van der Waals surface area contributed by atoms with Gasteiger partial charge in [-0.25, -0.2) is 4.79 Å². The highest BCUT2D eigenvalue weighted by Gasteiger charge is 2.51. The first-order valence-corrected chi connectivity index (χ1v) is 11.8. The van der Waals surface area contributed by atoms with Gasteiger partial charge in [-0.05, 0) is 36.1 Å². The molecule has 1 heterocycles. The second-order valence-electron chi connectivity index (χ2n) is 8.82. The second-order valence-corrected chi connectivity index (χ2v) is 8.82. The van der Waals surface area contributed by atoms with Crippen molar-refractivity contribution in [2.75, 3.05) is 13.7 Å². The number of ether oxygens (including phenoxy) is 2. The summed E-state index contributed by atoms with van der Waals surface area (Å²) in [6.07, 6.45) is 4.35. The Morgan fingerprint density at radius 2 is 1.79 bits per heavy atom.